The van der Waals surface area contributed by atoms with Crippen molar-refractivity contribution in [2.75, 3.05) is 18.0 Å². The molecule has 1 fully saturated rings. The maximum Gasteiger partial charge on any atom is 0.328 e. The number of hydrogen-bond donors (Lipinski definition) is 1. The van der Waals surface area contributed by atoms with Crippen LogP contribution >= 0.6 is 0 Å². The molecular weight excluding hydrogens is 258 g/mol. The second-order valence-corrected chi connectivity index (χ2v) is 4.79. The number of hydrogen-bond acceptors (Lipinski definition) is 4. The van der Waals surface area contributed by atoms with Crippen LogP contribution in [0.4, 0.5) is 20.2 Å². The molecule has 0 amide bonds. The third kappa shape index (κ3) is 2.65. The van der Waals surface area contributed by atoms with Crippen molar-refractivity contribution < 1.29 is 18.8 Å². The molecule has 0 radical (unpaired) electrons. The SMILES string of the molecule is CC1CN(c2cc(F)cc(F)c2[N+](=O)[O-])CCC1O. The number of nitro groups is 1. The largest absolute Gasteiger partial charge is 0.393 e. The van der Waals surface area contributed by atoms with Crippen molar-refractivity contribution in [3.8, 4) is 0 Å². The van der Waals surface area contributed by atoms with Crippen LogP contribution in [0.2, 0.25) is 0 Å². The van der Waals surface area contributed by atoms with E-state index in [9.17, 15) is 24.0 Å². The predicted octanol–water partition coefficient (Wildman–Crippen LogP) is 2.08. The lowest BCUT2D eigenvalue weighted by Gasteiger charge is -2.35. The van der Waals surface area contributed by atoms with E-state index in [0.29, 0.717) is 25.6 Å². The summed E-state index contributed by atoms with van der Waals surface area (Å²) in [6.45, 7) is 2.44. The molecule has 1 N–H and O–H groups in total. The first-order chi connectivity index (χ1) is 8.90. The van der Waals surface area contributed by atoms with Crippen LogP contribution in [0, 0.1) is 27.7 Å². The normalized spacial score (nSPS) is 23.5. The molecule has 1 aromatic carbocycles. The topological polar surface area (TPSA) is 66.6 Å². The number of rotatable bonds is 2. The first kappa shape index (κ1) is 13.7. The summed E-state index contributed by atoms with van der Waals surface area (Å²) in [5.74, 6) is -2.14. The van der Waals surface area contributed by atoms with Gasteiger partial charge in [-0.15, -0.1) is 0 Å². The highest BCUT2D eigenvalue weighted by Crippen LogP contribution is 2.34. The standard InChI is InChI=1S/C12H14F2N2O3/c1-7-6-15(3-2-11(7)17)10-5-8(13)4-9(14)12(10)16(18)19/h4-5,7,11,17H,2-3,6H2,1H3. The molecule has 1 aliphatic rings. The van der Waals surface area contributed by atoms with Crippen LogP contribution in [0.15, 0.2) is 12.1 Å². The number of halogens is 2. The van der Waals surface area contributed by atoms with Crippen LogP contribution < -0.4 is 4.90 Å². The number of piperidine rings is 1. The van der Waals surface area contributed by atoms with Gasteiger partial charge in [-0.3, -0.25) is 10.1 Å². The van der Waals surface area contributed by atoms with Gasteiger partial charge in [0.25, 0.3) is 0 Å². The van der Waals surface area contributed by atoms with Crippen molar-refractivity contribution in [3.63, 3.8) is 0 Å². The minimum atomic E-state index is -1.18. The molecule has 0 aromatic heterocycles. The Bertz CT molecular complexity index is 510. The van der Waals surface area contributed by atoms with E-state index in [4.69, 9.17) is 0 Å². The molecule has 2 rings (SSSR count). The molecule has 1 saturated heterocycles. The summed E-state index contributed by atoms with van der Waals surface area (Å²) >= 11 is 0. The van der Waals surface area contributed by atoms with Crippen LogP contribution in [0.3, 0.4) is 0 Å². The van der Waals surface area contributed by atoms with Crippen molar-refractivity contribution in [1.82, 2.24) is 0 Å². The van der Waals surface area contributed by atoms with E-state index in [1.807, 2.05) is 0 Å². The Kier molecular flexibility index (Phi) is 3.66. The maximum absolute atomic E-state index is 13.5. The smallest absolute Gasteiger partial charge is 0.328 e. The molecule has 2 atom stereocenters. The molecule has 0 saturated carbocycles. The van der Waals surface area contributed by atoms with E-state index in [-0.39, 0.29) is 11.6 Å². The van der Waals surface area contributed by atoms with Gasteiger partial charge in [0.2, 0.25) is 5.82 Å². The first-order valence-electron chi connectivity index (χ1n) is 5.96. The van der Waals surface area contributed by atoms with Gasteiger partial charge in [0.05, 0.1) is 11.0 Å². The van der Waals surface area contributed by atoms with Crippen LogP contribution in [-0.4, -0.2) is 29.2 Å². The third-order valence-electron chi connectivity index (χ3n) is 3.39. The lowest BCUT2D eigenvalue weighted by Crippen LogP contribution is -2.42. The highest BCUT2D eigenvalue weighted by Gasteiger charge is 2.31. The summed E-state index contributed by atoms with van der Waals surface area (Å²) in [4.78, 5) is 11.6. The highest BCUT2D eigenvalue weighted by molar-refractivity contribution is 5.64. The second-order valence-electron chi connectivity index (χ2n) is 4.79. The summed E-state index contributed by atoms with van der Waals surface area (Å²) < 4.78 is 26.8. The van der Waals surface area contributed by atoms with Crippen LogP contribution in [0.25, 0.3) is 0 Å². The number of aliphatic hydroxyl groups excluding tert-OH is 1. The van der Waals surface area contributed by atoms with Gasteiger partial charge in [-0.05, 0) is 12.3 Å². The van der Waals surface area contributed by atoms with Crippen LogP contribution in [0.1, 0.15) is 13.3 Å². The minimum absolute atomic E-state index is 0.0683. The molecule has 1 aromatic rings. The van der Waals surface area contributed by atoms with Crippen LogP contribution in [-0.2, 0) is 0 Å². The van der Waals surface area contributed by atoms with Gasteiger partial charge < -0.3 is 10.0 Å². The van der Waals surface area contributed by atoms with Crippen molar-refractivity contribution in [3.05, 3.63) is 33.9 Å². The summed E-state index contributed by atoms with van der Waals surface area (Å²) in [5, 5.41) is 20.5. The zero-order chi connectivity index (χ0) is 14.2. The Hall–Kier alpha value is -1.76. The second kappa shape index (κ2) is 5.08. The van der Waals surface area contributed by atoms with Crippen molar-refractivity contribution in [2.45, 2.75) is 19.4 Å². The fourth-order valence-corrected chi connectivity index (χ4v) is 2.33. The molecule has 0 bridgehead atoms. The van der Waals surface area contributed by atoms with Crippen molar-refractivity contribution >= 4 is 11.4 Å². The Balaban J connectivity index is 2.41. The fraction of sp³-hybridized carbons (Fsp3) is 0.500. The quantitative estimate of drug-likeness (QED) is 0.661. The fourth-order valence-electron chi connectivity index (χ4n) is 2.33. The average molecular weight is 272 g/mol. The predicted molar refractivity (Wildman–Crippen MR) is 65.0 cm³/mol. The molecule has 7 heteroatoms. The number of anilines is 1. The molecule has 0 spiro atoms. The van der Waals surface area contributed by atoms with E-state index in [1.54, 1.807) is 11.8 Å². The zero-order valence-corrected chi connectivity index (χ0v) is 10.3. The first-order valence-corrected chi connectivity index (χ1v) is 5.96. The van der Waals surface area contributed by atoms with Gasteiger partial charge in [-0.2, -0.15) is 4.39 Å². The summed E-state index contributed by atoms with van der Waals surface area (Å²) in [6, 6.07) is 1.47. The van der Waals surface area contributed by atoms with Crippen molar-refractivity contribution in [2.24, 2.45) is 5.92 Å². The molecule has 2 unspecified atom stereocenters. The van der Waals surface area contributed by atoms with Gasteiger partial charge in [0, 0.05) is 25.2 Å². The van der Waals surface area contributed by atoms with E-state index < -0.39 is 28.3 Å². The Morgan fingerprint density at radius 1 is 1.47 bits per heavy atom. The lowest BCUT2D eigenvalue weighted by atomic mass is 9.96. The van der Waals surface area contributed by atoms with E-state index in [0.717, 1.165) is 6.07 Å². The zero-order valence-electron chi connectivity index (χ0n) is 10.3. The van der Waals surface area contributed by atoms with Gasteiger partial charge in [-0.25, -0.2) is 4.39 Å². The highest BCUT2D eigenvalue weighted by atomic mass is 19.1. The van der Waals surface area contributed by atoms with E-state index in [2.05, 4.69) is 0 Å². The molecule has 1 heterocycles. The molecular formula is C12H14F2N2O3. The molecule has 0 aliphatic carbocycles. The number of aliphatic hydroxyl groups is 1. The van der Waals surface area contributed by atoms with Crippen molar-refractivity contribution in [1.29, 1.82) is 0 Å². The van der Waals surface area contributed by atoms with Gasteiger partial charge >= 0.3 is 5.69 Å². The lowest BCUT2D eigenvalue weighted by molar-refractivity contribution is -0.386. The monoisotopic (exact) mass is 272 g/mol. The van der Waals surface area contributed by atoms with E-state index in [1.165, 1.54) is 0 Å². The van der Waals surface area contributed by atoms with Gasteiger partial charge in [0.1, 0.15) is 11.5 Å². The van der Waals surface area contributed by atoms with Gasteiger partial charge in [-0.1, -0.05) is 6.92 Å². The average Bonchev–Trinajstić information content (AvgIpc) is 2.31. The summed E-state index contributed by atoms with van der Waals surface area (Å²) in [6.07, 6.45) is -0.0788. The third-order valence-corrected chi connectivity index (χ3v) is 3.39. The maximum atomic E-state index is 13.5. The van der Waals surface area contributed by atoms with E-state index >= 15 is 0 Å². The molecule has 5 nitrogen and oxygen atoms in total. The summed E-state index contributed by atoms with van der Waals surface area (Å²) in [5.41, 5.74) is -0.786. The summed E-state index contributed by atoms with van der Waals surface area (Å²) in [7, 11) is 0. The molecule has 19 heavy (non-hydrogen) atoms. The number of nitrogens with zero attached hydrogens (tertiary/aromatic N) is 2. The number of benzene rings is 1. The van der Waals surface area contributed by atoms with Crippen LogP contribution in [0.5, 0.6) is 0 Å². The number of nitro benzene ring substituents is 1. The van der Waals surface area contributed by atoms with Gasteiger partial charge in [0.15, 0.2) is 0 Å². The molecule has 104 valence electrons. The Labute approximate surface area is 108 Å². The Morgan fingerprint density at radius 3 is 2.74 bits per heavy atom. The molecule has 1 aliphatic heterocycles. The Morgan fingerprint density at radius 2 is 2.16 bits per heavy atom. The minimum Gasteiger partial charge on any atom is -0.393 e.